The second-order valence-corrected chi connectivity index (χ2v) is 8.80. The molecule has 0 spiro atoms. The minimum Gasteiger partial charge on any atom is -0.311 e. The second kappa shape index (κ2) is 6.09. The number of hydrogen-bond acceptors (Lipinski definition) is 3. The van der Waals surface area contributed by atoms with Crippen LogP contribution in [0.5, 0.6) is 0 Å². The Kier molecular flexibility index (Phi) is 3.93. The topological polar surface area (TPSA) is 46.9 Å². The number of alkyl halides is 2. The van der Waals surface area contributed by atoms with Gasteiger partial charge in [0.25, 0.3) is 11.5 Å². The van der Waals surface area contributed by atoms with Gasteiger partial charge in [-0.05, 0) is 56.1 Å². The van der Waals surface area contributed by atoms with Gasteiger partial charge in [0.05, 0.1) is 39.5 Å². The lowest BCUT2D eigenvalue weighted by Crippen LogP contribution is -2.44. The summed E-state index contributed by atoms with van der Waals surface area (Å²) in [6, 6.07) is 10.8. The normalized spacial score (nSPS) is 21.8. The van der Waals surface area contributed by atoms with E-state index in [1.54, 1.807) is 18.2 Å². The summed E-state index contributed by atoms with van der Waals surface area (Å²) in [5.74, 6) is -3.05. The molecule has 2 aromatic carbocycles. The summed E-state index contributed by atoms with van der Waals surface area (Å²) in [6.45, 7) is 4.23. The Morgan fingerprint density at radius 1 is 1.24 bits per heavy atom. The molecule has 0 amide bonds. The average Bonchev–Trinajstić information content (AvgIpc) is 2.88. The zero-order valence-electron chi connectivity index (χ0n) is 16.1. The molecule has 0 saturated carbocycles. The first kappa shape index (κ1) is 18.7. The van der Waals surface area contributed by atoms with Gasteiger partial charge in [-0.1, -0.05) is 29.8 Å². The molecule has 7 heteroatoms. The van der Waals surface area contributed by atoms with Gasteiger partial charge in [-0.25, -0.2) is 8.78 Å². The van der Waals surface area contributed by atoms with Crippen molar-refractivity contribution >= 4 is 22.5 Å². The summed E-state index contributed by atoms with van der Waals surface area (Å²) in [4.78, 5) is 17.0. The van der Waals surface area contributed by atoms with Crippen molar-refractivity contribution in [2.75, 3.05) is 13.1 Å². The molecular weight excluding hydrogens is 396 g/mol. The highest BCUT2D eigenvalue weighted by atomic mass is 35.5. The number of halogens is 3. The Hall–Kier alpha value is -2.31. The monoisotopic (exact) mass is 415 g/mol. The molecule has 3 heterocycles. The van der Waals surface area contributed by atoms with E-state index in [1.807, 2.05) is 36.6 Å². The second-order valence-electron chi connectivity index (χ2n) is 8.39. The highest BCUT2D eigenvalue weighted by molar-refractivity contribution is 6.35. The number of fused-ring (bicyclic) bond motifs is 5. The highest BCUT2D eigenvalue weighted by Gasteiger charge is 2.44. The Morgan fingerprint density at radius 3 is 2.79 bits per heavy atom. The maximum Gasteiger partial charge on any atom is 0.282 e. The van der Waals surface area contributed by atoms with Crippen LogP contribution in [0.2, 0.25) is 5.02 Å². The van der Waals surface area contributed by atoms with Crippen LogP contribution in [0.4, 0.5) is 8.78 Å². The number of aromatic nitrogens is 2. The molecule has 5 rings (SSSR count). The van der Waals surface area contributed by atoms with Crippen molar-refractivity contribution in [1.29, 1.82) is 0 Å². The largest absolute Gasteiger partial charge is 0.311 e. The van der Waals surface area contributed by atoms with Crippen molar-refractivity contribution in [3.8, 4) is 5.69 Å². The van der Waals surface area contributed by atoms with Crippen LogP contribution < -0.4 is 10.9 Å². The molecule has 150 valence electrons. The number of benzene rings is 2. The van der Waals surface area contributed by atoms with Crippen LogP contribution in [0.15, 0.2) is 41.2 Å². The van der Waals surface area contributed by atoms with Gasteiger partial charge in [-0.3, -0.25) is 9.36 Å². The van der Waals surface area contributed by atoms with Gasteiger partial charge in [0.1, 0.15) is 5.82 Å². The minimum atomic E-state index is -2.81. The molecule has 1 aromatic heterocycles. The van der Waals surface area contributed by atoms with Crippen LogP contribution in [0.3, 0.4) is 0 Å². The van der Waals surface area contributed by atoms with Crippen LogP contribution in [0, 0.1) is 0 Å². The summed E-state index contributed by atoms with van der Waals surface area (Å²) < 4.78 is 31.0. The van der Waals surface area contributed by atoms with Crippen LogP contribution in [0.25, 0.3) is 16.6 Å². The highest BCUT2D eigenvalue weighted by Crippen LogP contribution is 2.46. The van der Waals surface area contributed by atoms with E-state index in [9.17, 15) is 13.6 Å². The van der Waals surface area contributed by atoms with Gasteiger partial charge in [0, 0.05) is 0 Å². The summed E-state index contributed by atoms with van der Waals surface area (Å²) >= 11 is 6.29. The molecule has 29 heavy (non-hydrogen) atoms. The molecule has 1 N–H and O–H groups in total. The lowest BCUT2D eigenvalue weighted by Gasteiger charge is -2.32. The first-order chi connectivity index (χ1) is 13.7. The van der Waals surface area contributed by atoms with E-state index in [-0.39, 0.29) is 12.1 Å². The first-order valence-electron chi connectivity index (χ1n) is 9.67. The summed E-state index contributed by atoms with van der Waals surface area (Å²) in [5, 5.41) is 3.46. The van der Waals surface area contributed by atoms with Gasteiger partial charge < -0.3 is 5.32 Å². The summed E-state index contributed by atoms with van der Waals surface area (Å²) in [7, 11) is 0. The standard InChI is InChI=1S/C22H20ClF2N3O/c1-21(2)14-7-6-12(13-8-9-26-11-22(13,24)25)10-17(14)28-16-5-3-4-15(23)18(16)19(29)27-20(21)28/h3-7,10,13,26H,8-9,11H2,1-2H3. The van der Waals surface area contributed by atoms with Gasteiger partial charge in [0.2, 0.25) is 0 Å². The molecule has 0 aliphatic carbocycles. The lowest BCUT2D eigenvalue weighted by atomic mass is 9.82. The Bertz CT molecular complexity index is 1220. The fourth-order valence-electron chi connectivity index (χ4n) is 4.74. The molecular formula is C22H20ClF2N3O. The van der Waals surface area contributed by atoms with E-state index in [1.165, 1.54) is 0 Å². The molecule has 1 fully saturated rings. The SMILES string of the molecule is CC1(C)c2ccc(C3CCNCC3(F)F)cc2-n2c1nc(=O)c1c(Cl)cccc12. The summed E-state index contributed by atoms with van der Waals surface area (Å²) in [6.07, 6.45) is 0.372. The smallest absolute Gasteiger partial charge is 0.282 e. The van der Waals surface area contributed by atoms with E-state index in [4.69, 9.17) is 11.6 Å². The maximum atomic E-state index is 14.6. The zero-order chi connectivity index (χ0) is 20.6. The van der Waals surface area contributed by atoms with Crippen LogP contribution in [-0.4, -0.2) is 28.6 Å². The average molecular weight is 416 g/mol. The number of nitrogens with zero attached hydrogens (tertiary/aromatic N) is 2. The van der Waals surface area contributed by atoms with Crippen molar-refractivity contribution in [3.05, 3.63) is 68.7 Å². The van der Waals surface area contributed by atoms with Gasteiger partial charge in [-0.2, -0.15) is 4.98 Å². The van der Waals surface area contributed by atoms with Crippen LogP contribution in [-0.2, 0) is 5.41 Å². The van der Waals surface area contributed by atoms with Crippen LogP contribution in [0.1, 0.15) is 43.1 Å². The van der Waals surface area contributed by atoms with Crippen molar-refractivity contribution in [3.63, 3.8) is 0 Å². The van der Waals surface area contributed by atoms with Gasteiger partial charge >= 0.3 is 0 Å². The number of piperidine rings is 1. The lowest BCUT2D eigenvalue weighted by molar-refractivity contribution is -0.0420. The van der Waals surface area contributed by atoms with Crippen molar-refractivity contribution in [2.45, 2.75) is 37.5 Å². The van der Waals surface area contributed by atoms with E-state index in [2.05, 4.69) is 10.3 Å². The molecule has 1 saturated heterocycles. The Labute approximate surface area is 171 Å². The molecule has 4 nitrogen and oxygen atoms in total. The molecule has 0 bridgehead atoms. The third-order valence-electron chi connectivity index (χ3n) is 6.24. The molecule has 0 radical (unpaired) electrons. The van der Waals surface area contributed by atoms with Gasteiger partial charge in [-0.15, -0.1) is 0 Å². The fraction of sp³-hybridized carbons (Fsp3) is 0.364. The van der Waals surface area contributed by atoms with Gasteiger partial charge in [0.15, 0.2) is 0 Å². The Balaban J connectivity index is 1.80. The fourth-order valence-corrected chi connectivity index (χ4v) is 4.99. The molecule has 2 aliphatic heterocycles. The quantitative estimate of drug-likeness (QED) is 0.641. The van der Waals surface area contributed by atoms with Crippen molar-refractivity contribution < 1.29 is 8.78 Å². The van der Waals surface area contributed by atoms with E-state index in [0.29, 0.717) is 40.3 Å². The van der Waals surface area contributed by atoms with Crippen molar-refractivity contribution in [1.82, 2.24) is 14.9 Å². The van der Waals surface area contributed by atoms with Crippen molar-refractivity contribution in [2.24, 2.45) is 0 Å². The molecule has 1 atom stereocenters. The van der Waals surface area contributed by atoms with Crippen LogP contribution >= 0.6 is 11.6 Å². The number of nitrogens with one attached hydrogen (secondary N) is 1. The zero-order valence-corrected chi connectivity index (χ0v) is 16.9. The minimum absolute atomic E-state index is 0.316. The third-order valence-corrected chi connectivity index (χ3v) is 6.56. The Morgan fingerprint density at radius 2 is 2.03 bits per heavy atom. The first-order valence-corrected chi connectivity index (χ1v) is 10.0. The molecule has 1 unspecified atom stereocenters. The maximum absolute atomic E-state index is 14.6. The molecule has 2 aliphatic rings. The number of hydrogen-bond donors (Lipinski definition) is 1. The number of rotatable bonds is 1. The van der Waals surface area contributed by atoms with E-state index >= 15 is 0 Å². The predicted molar refractivity (Wildman–Crippen MR) is 110 cm³/mol. The molecule has 3 aromatic rings. The third kappa shape index (κ3) is 2.58. The van der Waals surface area contributed by atoms with E-state index < -0.39 is 17.3 Å². The predicted octanol–water partition coefficient (Wildman–Crippen LogP) is 4.39. The summed E-state index contributed by atoms with van der Waals surface area (Å²) in [5.41, 5.74) is 2.10. The van der Waals surface area contributed by atoms with E-state index in [0.717, 1.165) is 11.3 Å².